The highest BCUT2D eigenvalue weighted by atomic mass is 32.2. The Kier molecular flexibility index (Phi) is 7.31. The van der Waals surface area contributed by atoms with Gasteiger partial charge < -0.3 is 4.74 Å². The summed E-state index contributed by atoms with van der Waals surface area (Å²) in [5, 5.41) is 8.36. The summed E-state index contributed by atoms with van der Waals surface area (Å²) in [7, 11) is 0. The molecule has 1 aliphatic heterocycles. The predicted octanol–water partition coefficient (Wildman–Crippen LogP) is 7.54. The molecule has 0 radical (unpaired) electrons. The molecule has 0 bridgehead atoms. The number of hydrogen-bond donors (Lipinski definition) is 1. The van der Waals surface area contributed by atoms with E-state index in [4.69, 9.17) is 10.1 Å². The third-order valence-electron chi connectivity index (χ3n) is 6.19. The Morgan fingerprint density at radius 3 is 2.53 bits per heavy atom. The molecule has 0 fully saturated rings. The molecule has 1 atom stereocenters. The van der Waals surface area contributed by atoms with Gasteiger partial charge in [0.2, 0.25) is 5.78 Å². The van der Waals surface area contributed by atoms with Gasteiger partial charge in [0.25, 0.3) is 0 Å². The summed E-state index contributed by atoms with van der Waals surface area (Å²) in [6, 6.07) is 18.0. The van der Waals surface area contributed by atoms with E-state index >= 15 is 0 Å². The van der Waals surface area contributed by atoms with E-state index in [0.717, 1.165) is 49.2 Å². The SMILES string of the molecule is CCCC1(CCCCC/C=C/c2ccccc2)CSC2=C(O1)c1ccccc1C(=O)C2=N. The zero-order valence-electron chi connectivity index (χ0n) is 18.7. The zero-order chi connectivity index (χ0) is 22.4. The molecule has 2 aliphatic rings. The van der Waals surface area contributed by atoms with Crippen molar-refractivity contribution in [2.24, 2.45) is 0 Å². The third-order valence-corrected chi connectivity index (χ3v) is 7.54. The number of Topliss-reactive ketones (excluding diaryl/α,β-unsaturated/α-hetero) is 1. The summed E-state index contributed by atoms with van der Waals surface area (Å²) in [4.78, 5) is 13.3. The number of ketones is 1. The largest absolute Gasteiger partial charge is 0.484 e. The van der Waals surface area contributed by atoms with E-state index in [0.29, 0.717) is 10.5 Å². The fraction of sp³-hybridized carbons (Fsp3) is 0.357. The highest BCUT2D eigenvalue weighted by molar-refractivity contribution is 8.04. The molecule has 32 heavy (non-hydrogen) atoms. The Bertz CT molecular complexity index is 1040. The van der Waals surface area contributed by atoms with Crippen molar-refractivity contribution in [3.05, 3.63) is 82.3 Å². The maximum atomic E-state index is 12.6. The number of rotatable bonds is 9. The number of benzene rings is 2. The second-order valence-corrected chi connectivity index (χ2v) is 9.63. The molecule has 166 valence electrons. The van der Waals surface area contributed by atoms with Crippen molar-refractivity contribution < 1.29 is 9.53 Å². The van der Waals surface area contributed by atoms with Crippen LogP contribution in [0.2, 0.25) is 0 Å². The quantitative estimate of drug-likeness (QED) is 0.406. The van der Waals surface area contributed by atoms with Crippen LogP contribution in [0.25, 0.3) is 11.8 Å². The van der Waals surface area contributed by atoms with Gasteiger partial charge in [-0.2, -0.15) is 0 Å². The lowest BCUT2D eigenvalue weighted by Gasteiger charge is -2.41. The standard InChI is InChI=1S/C28H31NO2S/c1-2-18-28(19-12-5-3-4-7-13-21-14-8-6-9-15-21)20-32-27-24(29)25(30)22-16-10-11-17-23(22)26(27)31-28/h6-11,13-17,29H,2-5,12,18-20H2,1H3/b13-7+,29-24?. The Morgan fingerprint density at radius 1 is 1.00 bits per heavy atom. The van der Waals surface area contributed by atoms with Crippen LogP contribution in [0.3, 0.4) is 0 Å². The molecular formula is C28H31NO2S. The Balaban J connectivity index is 1.37. The maximum absolute atomic E-state index is 12.6. The molecule has 1 heterocycles. The van der Waals surface area contributed by atoms with Crippen LogP contribution in [-0.4, -0.2) is 22.8 Å². The number of hydrogen-bond acceptors (Lipinski definition) is 4. The number of thioether (sulfide) groups is 1. The van der Waals surface area contributed by atoms with Crippen molar-refractivity contribution in [1.82, 2.24) is 0 Å². The first-order chi connectivity index (χ1) is 15.6. The smallest absolute Gasteiger partial charge is 0.212 e. The van der Waals surface area contributed by atoms with E-state index < -0.39 is 0 Å². The summed E-state index contributed by atoms with van der Waals surface area (Å²) in [6.45, 7) is 2.20. The van der Waals surface area contributed by atoms with Gasteiger partial charge in [-0.15, -0.1) is 11.8 Å². The van der Waals surface area contributed by atoms with Crippen LogP contribution >= 0.6 is 11.8 Å². The van der Waals surface area contributed by atoms with Gasteiger partial charge in [-0.05, 0) is 37.7 Å². The van der Waals surface area contributed by atoms with Crippen molar-refractivity contribution in [3.8, 4) is 0 Å². The number of fused-ring (bicyclic) bond motifs is 2. The van der Waals surface area contributed by atoms with E-state index in [9.17, 15) is 4.79 Å². The van der Waals surface area contributed by atoms with Gasteiger partial charge in [-0.3, -0.25) is 10.2 Å². The van der Waals surface area contributed by atoms with Gasteiger partial charge in [0.1, 0.15) is 17.1 Å². The van der Waals surface area contributed by atoms with Crippen LogP contribution in [-0.2, 0) is 4.74 Å². The molecule has 0 saturated heterocycles. The normalized spacial score (nSPS) is 20.3. The number of allylic oxidation sites excluding steroid dienone is 2. The maximum Gasteiger partial charge on any atom is 0.212 e. The molecule has 2 aromatic rings. The van der Waals surface area contributed by atoms with Crippen LogP contribution in [0.15, 0.2) is 65.6 Å². The number of ether oxygens (including phenoxy) is 1. The topological polar surface area (TPSA) is 50.2 Å². The first kappa shape index (κ1) is 22.6. The highest BCUT2D eigenvalue weighted by Crippen LogP contribution is 2.47. The molecule has 0 saturated carbocycles. The number of carbonyl (C=O) groups excluding carboxylic acids is 1. The fourth-order valence-electron chi connectivity index (χ4n) is 4.54. The lowest BCUT2D eigenvalue weighted by atomic mass is 9.89. The summed E-state index contributed by atoms with van der Waals surface area (Å²) < 4.78 is 6.70. The minimum atomic E-state index is -0.216. The molecular weight excluding hydrogens is 414 g/mol. The average molecular weight is 446 g/mol. The summed E-state index contributed by atoms with van der Waals surface area (Å²) in [5.74, 6) is 1.37. The molecule has 0 amide bonds. The van der Waals surface area contributed by atoms with Gasteiger partial charge in [0.15, 0.2) is 0 Å². The molecule has 1 N–H and O–H groups in total. The average Bonchev–Trinajstić information content (AvgIpc) is 2.83. The first-order valence-electron chi connectivity index (χ1n) is 11.6. The second-order valence-electron chi connectivity index (χ2n) is 8.64. The Morgan fingerprint density at radius 2 is 1.75 bits per heavy atom. The summed E-state index contributed by atoms with van der Waals surface area (Å²) in [5.41, 5.74) is 2.56. The molecule has 0 spiro atoms. The van der Waals surface area contributed by atoms with Crippen LogP contribution < -0.4 is 0 Å². The summed E-state index contributed by atoms with van der Waals surface area (Å²) in [6.07, 6.45) is 12.1. The number of nitrogens with one attached hydrogen (secondary N) is 1. The molecule has 1 aliphatic carbocycles. The van der Waals surface area contributed by atoms with Crippen LogP contribution in [0.1, 0.15) is 73.4 Å². The monoisotopic (exact) mass is 445 g/mol. The van der Waals surface area contributed by atoms with Crippen molar-refractivity contribution >= 4 is 35.1 Å². The molecule has 0 aromatic heterocycles. The first-order valence-corrected chi connectivity index (χ1v) is 12.6. The molecule has 4 heteroatoms. The third kappa shape index (κ3) is 4.91. The summed E-state index contributed by atoms with van der Waals surface area (Å²) >= 11 is 1.64. The Hall–Kier alpha value is -2.59. The predicted molar refractivity (Wildman–Crippen MR) is 135 cm³/mol. The van der Waals surface area contributed by atoms with Gasteiger partial charge in [-0.25, -0.2) is 0 Å². The van der Waals surface area contributed by atoms with Gasteiger partial charge in [0, 0.05) is 16.9 Å². The van der Waals surface area contributed by atoms with Crippen molar-refractivity contribution in [3.63, 3.8) is 0 Å². The second kappa shape index (κ2) is 10.4. The fourth-order valence-corrected chi connectivity index (χ4v) is 5.81. The van der Waals surface area contributed by atoms with Gasteiger partial charge in [-0.1, -0.05) is 86.5 Å². The molecule has 4 rings (SSSR count). The Labute approximate surface area is 195 Å². The number of unbranched alkanes of at least 4 members (excludes halogenated alkanes) is 3. The molecule has 3 nitrogen and oxygen atoms in total. The van der Waals surface area contributed by atoms with Gasteiger partial charge >= 0.3 is 0 Å². The minimum absolute atomic E-state index is 0.0824. The van der Waals surface area contributed by atoms with Crippen LogP contribution in [0, 0.1) is 5.41 Å². The van der Waals surface area contributed by atoms with E-state index in [2.05, 4.69) is 43.3 Å². The van der Waals surface area contributed by atoms with Crippen LogP contribution in [0.5, 0.6) is 0 Å². The van der Waals surface area contributed by atoms with E-state index in [1.54, 1.807) is 11.8 Å². The van der Waals surface area contributed by atoms with Crippen molar-refractivity contribution in [2.45, 2.75) is 57.5 Å². The van der Waals surface area contributed by atoms with E-state index in [1.807, 2.05) is 30.3 Å². The lowest BCUT2D eigenvalue weighted by Crippen LogP contribution is -2.40. The number of carbonyl (C=O) groups is 1. The zero-order valence-corrected chi connectivity index (χ0v) is 19.5. The van der Waals surface area contributed by atoms with Crippen molar-refractivity contribution in [1.29, 1.82) is 5.41 Å². The minimum Gasteiger partial charge on any atom is -0.484 e. The van der Waals surface area contributed by atoms with E-state index in [1.165, 1.54) is 18.4 Å². The molecule has 1 unspecified atom stereocenters. The van der Waals surface area contributed by atoms with Crippen molar-refractivity contribution in [2.75, 3.05) is 5.75 Å². The van der Waals surface area contributed by atoms with Crippen LogP contribution in [0.4, 0.5) is 0 Å². The molecule has 2 aromatic carbocycles. The van der Waals surface area contributed by atoms with E-state index in [-0.39, 0.29) is 17.1 Å². The highest BCUT2D eigenvalue weighted by Gasteiger charge is 2.42. The van der Waals surface area contributed by atoms with Gasteiger partial charge in [0.05, 0.1) is 4.91 Å². The lowest BCUT2D eigenvalue weighted by molar-refractivity contribution is 0.0394.